The number of ether oxygens (including phenoxy) is 3. The van der Waals surface area contributed by atoms with Gasteiger partial charge in [0, 0.05) is 41.6 Å². The zero-order valence-corrected chi connectivity index (χ0v) is 17.0. The van der Waals surface area contributed by atoms with Gasteiger partial charge < -0.3 is 19.3 Å². The first-order valence-electron chi connectivity index (χ1n) is 9.58. The highest BCUT2D eigenvalue weighted by Crippen LogP contribution is 2.62. The van der Waals surface area contributed by atoms with Crippen molar-refractivity contribution in [1.29, 1.82) is 0 Å². The van der Waals surface area contributed by atoms with Crippen molar-refractivity contribution in [1.82, 2.24) is 0 Å². The standard InChI is InChI=1S/C21H30O6/c1-7-12(2)17(22)26-16-8-9-20(24)11-21(25-6)15(13(3)18(23)27-21)10-19(20,5)14(16)4/h7,14,16,24H,8-11H2,1-6H3/b12-7-/t14-,16-,19+,20-,21+/m0/s1. The van der Waals surface area contributed by atoms with E-state index in [0.29, 0.717) is 30.4 Å². The Morgan fingerprint density at radius 2 is 2.07 bits per heavy atom. The Morgan fingerprint density at radius 1 is 1.41 bits per heavy atom. The third kappa shape index (κ3) is 2.76. The molecule has 0 radical (unpaired) electrons. The van der Waals surface area contributed by atoms with Gasteiger partial charge in [0.05, 0.1) is 5.60 Å². The summed E-state index contributed by atoms with van der Waals surface area (Å²) in [5.74, 6) is -1.98. The quantitative estimate of drug-likeness (QED) is 0.600. The van der Waals surface area contributed by atoms with Crippen molar-refractivity contribution in [3.05, 3.63) is 22.8 Å². The zero-order valence-electron chi connectivity index (χ0n) is 17.0. The van der Waals surface area contributed by atoms with Crippen molar-refractivity contribution in [3.8, 4) is 0 Å². The van der Waals surface area contributed by atoms with Crippen LogP contribution >= 0.6 is 0 Å². The van der Waals surface area contributed by atoms with Crippen LogP contribution in [0.3, 0.4) is 0 Å². The maximum absolute atomic E-state index is 12.3. The van der Waals surface area contributed by atoms with Gasteiger partial charge in [-0.05, 0) is 40.0 Å². The molecule has 3 aliphatic rings. The molecule has 0 aromatic rings. The number of allylic oxidation sites excluding steroid dienone is 1. The largest absolute Gasteiger partial charge is 0.459 e. The van der Waals surface area contributed by atoms with E-state index in [1.807, 2.05) is 13.8 Å². The lowest BCUT2D eigenvalue weighted by molar-refractivity contribution is -0.266. The SMILES string of the molecule is C/C=C(/C)C(=O)O[C@H]1CC[C@]2(O)C[C@@]3(OC)OC(=O)C(C)=C3C[C@]2(C)[C@H]1C. The monoisotopic (exact) mass is 378 g/mol. The Hall–Kier alpha value is -1.66. The molecule has 0 spiro atoms. The van der Waals surface area contributed by atoms with E-state index in [-0.39, 0.29) is 24.4 Å². The summed E-state index contributed by atoms with van der Waals surface area (Å²) in [6.07, 6.45) is 3.12. The van der Waals surface area contributed by atoms with Crippen molar-refractivity contribution < 1.29 is 28.9 Å². The van der Waals surface area contributed by atoms with Crippen molar-refractivity contribution >= 4 is 11.9 Å². The van der Waals surface area contributed by atoms with Crippen LogP contribution in [0.25, 0.3) is 0 Å². The predicted octanol–water partition coefficient (Wildman–Crippen LogP) is 3.04. The lowest BCUT2D eigenvalue weighted by atomic mass is 9.50. The Morgan fingerprint density at radius 3 is 2.67 bits per heavy atom. The molecule has 3 rings (SSSR count). The number of hydrogen-bond donors (Lipinski definition) is 1. The summed E-state index contributed by atoms with van der Waals surface area (Å²) >= 11 is 0. The number of esters is 2. The zero-order chi connectivity index (χ0) is 20.2. The third-order valence-electron chi connectivity index (χ3n) is 7.36. The van der Waals surface area contributed by atoms with E-state index in [9.17, 15) is 14.7 Å². The molecular weight excluding hydrogens is 348 g/mol. The second-order valence-electron chi connectivity index (χ2n) is 8.50. The fraction of sp³-hybridized carbons (Fsp3) is 0.714. The first-order chi connectivity index (χ1) is 12.5. The summed E-state index contributed by atoms with van der Waals surface area (Å²) in [6.45, 7) is 9.31. The van der Waals surface area contributed by atoms with Gasteiger partial charge in [-0.25, -0.2) is 9.59 Å². The third-order valence-corrected chi connectivity index (χ3v) is 7.36. The molecule has 0 amide bonds. The van der Waals surface area contributed by atoms with Crippen LogP contribution in [0.4, 0.5) is 0 Å². The smallest absolute Gasteiger partial charge is 0.336 e. The molecule has 0 unspecified atom stereocenters. The van der Waals surface area contributed by atoms with E-state index in [1.165, 1.54) is 7.11 Å². The molecular formula is C21H30O6. The van der Waals surface area contributed by atoms with Crippen LogP contribution in [0, 0.1) is 11.3 Å². The van der Waals surface area contributed by atoms with E-state index in [1.54, 1.807) is 26.8 Å². The van der Waals surface area contributed by atoms with Gasteiger partial charge in [0.15, 0.2) is 0 Å². The average Bonchev–Trinajstić information content (AvgIpc) is 2.87. The van der Waals surface area contributed by atoms with E-state index < -0.39 is 22.8 Å². The second-order valence-corrected chi connectivity index (χ2v) is 8.50. The number of fused-ring (bicyclic) bond motifs is 2. The summed E-state index contributed by atoms with van der Waals surface area (Å²) in [5, 5.41) is 11.6. The van der Waals surface area contributed by atoms with Gasteiger partial charge in [-0.3, -0.25) is 0 Å². The minimum atomic E-state index is -1.18. The van der Waals surface area contributed by atoms with Crippen LogP contribution in [-0.2, 0) is 23.8 Å². The van der Waals surface area contributed by atoms with E-state index in [2.05, 4.69) is 0 Å². The Balaban J connectivity index is 1.95. The minimum absolute atomic E-state index is 0.0873. The second kappa shape index (κ2) is 6.45. The average molecular weight is 378 g/mol. The van der Waals surface area contributed by atoms with Crippen molar-refractivity contribution in [2.24, 2.45) is 11.3 Å². The van der Waals surface area contributed by atoms with Gasteiger partial charge in [0.1, 0.15) is 6.10 Å². The van der Waals surface area contributed by atoms with Crippen LogP contribution in [0.15, 0.2) is 22.8 Å². The predicted molar refractivity (Wildman–Crippen MR) is 98.5 cm³/mol. The Labute approximate surface area is 160 Å². The highest BCUT2D eigenvalue weighted by Gasteiger charge is 2.66. The van der Waals surface area contributed by atoms with Crippen LogP contribution in [-0.4, -0.2) is 41.6 Å². The molecule has 27 heavy (non-hydrogen) atoms. The summed E-state index contributed by atoms with van der Waals surface area (Å²) < 4.78 is 16.9. The molecule has 0 bridgehead atoms. The number of hydrogen-bond acceptors (Lipinski definition) is 6. The number of rotatable bonds is 3. The number of carbonyl (C=O) groups is 2. The summed E-state index contributed by atoms with van der Waals surface area (Å²) in [4.78, 5) is 24.5. The van der Waals surface area contributed by atoms with Gasteiger partial charge in [0.25, 0.3) is 0 Å². The minimum Gasteiger partial charge on any atom is -0.459 e. The summed E-state index contributed by atoms with van der Waals surface area (Å²) in [6, 6.07) is 0. The molecule has 6 nitrogen and oxygen atoms in total. The molecule has 1 heterocycles. The summed E-state index contributed by atoms with van der Waals surface area (Å²) in [7, 11) is 1.51. The van der Waals surface area contributed by atoms with E-state index >= 15 is 0 Å². The normalized spacial score (nSPS) is 41.7. The fourth-order valence-corrected chi connectivity index (χ4v) is 4.97. The lowest BCUT2D eigenvalue weighted by Gasteiger charge is -2.60. The van der Waals surface area contributed by atoms with Crippen LogP contribution in [0.5, 0.6) is 0 Å². The first-order valence-corrected chi connectivity index (χ1v) is 9.58. The molecule has 1 aliphatic heterocycles. The first kappa shape index (κ1) is 20.1. The van der Waals surface area contributed by atoms with Crippen molar-refractivity contribution in [3.63, 3.8) is 0 Å². The van der Waals surface area contributed by atoms with Gasteiger partial charge in [-0.15, -0.1) is 0 Å². The summed E-state index contributed by atoms with van der Waals surface area (Å²) in [5.41, 5.74) is 0.285. The maximum atomic E-state index is 12.3. The van der Waals surface area contributed by atoms with Crippen molar-refractivity contribution in [2.45, 2.75) is 77.8 Å². The number of aliphatic hydroxyl groups is 1. The molecule has 2 saturated carbocycles. The van der Waals surface area contributed by atoms with Gasteiger partial charge in [0.2, 0.25) is 5.79 Å². The molecule has 1 N–H and O–H groups in total. The Kier molecular flexibility index (Phi) is 4.80. The fourth-order valence-electron chi connectivity index (χ4n) is 4.97. The molecule has 0 aromatic heterocycles. The molecule has 2 aliphatic carbocycles. The molecule has 5 atom stereocenters. The van der Waals surface area contributed by atoms with Crippen LogP contribution in [0.2, 0.25) is 0 Å². The van der Waals surface area contributed by atoms with Crippen LogP contribution in [0.1, 0.15) is 60.3 Å². The van der Waals surface area contributed by atoms with Gasteiger partial charge >= 0.3 is 11.9 Å². The highest BCUT2D eigenvalue weighted by molar-refractivity contribution is 5.92. The highest BCUT2D eigenvalue weighted by atomic mass is 16.7. The van der Waals surface area contributed by atoms with Gasteiger partial charge in [-0.2, -0.15) is 0 Å². The topological polar surface area (TPSA) is 82.1 Å². The van der Waals surface area contributed by atoms with E-state index in [0.717, 1.165) is 5.57 Å². The molecule has 150 valence electrons. The lowest BCUT2D eigenvalue weighted by Crippen LogP contribution is -2.64. The molecule has 6 heteroatoms. The number of methoxy groups -OCH3 is 1. The molecule has 0 saturated heterocycles. The number of carbonyl (C=O) groups excluding carboxylic acids is 2. The Bertz CT molecular complexity index is 737. The van der Waals surface area contributed by atoms with Crippen LogP contribution < -0.4 is 0 Å². The van der Waals surface area contributed by atoms with Crippen molar-refractivity contribution in [2.75, 3.05) is 7.11 Å². The maximum Gasteiger partial charge on any atom is 0.336 e. The molecule has 0 aromatic carbocycles. The van der Waals surface area contributed by atoms with E-state index in [4.69, 9.17) is 14.2 Å². The van der Waals surface area contributed by atoms with Gasteiger partial charge in [-0.1, -0.05) is 19.9 Å². The molecule has 2 fully saturated rings.